The number of aryl methyl sites for hydroxylation is 1. The van der Waals surface area contributed by atoms with E-state index < -0.39 is 0 Å². The molecule has 0 N–H and O–H groups in total. The Hall–Kier alpha value is -2.43. The van der Waals surface area contributed by atoms with E-state index in [0.29, 0.717) is 0 Å². The number of carbonyl (C=O) groups is 1. The number of ketones is 1. The number of benzene rings is 2. The number of hydrogen-bond acceptors (Lipinski definition) is 4. The molecule has 4 rings (SSSR count). The summed E-state index contributed by atoms with van der Waals surface area (Å²) >= 11 is 0. The molecular formula is C23H25NO3. The first-order valence-corrected chi connectivity index (χ1v) is 9.55. The first-order chi connectivity index (χ1) is 13.2. The summed E-state index contributed by atoms with van der Waals surface area (Å²) < 4.78 is 11.0. The van der Waals surface area contributed by atoms with Crippen molar-refractivity contribution in [2.45, 2.75) is 19.4 Å². The topological polar surface area (TPSA) is 38.8 Å². The number of morpholine rings is 1. The second-order valence-electron chi connectivity index (χ2n) is 7.12. The van der Waals surface area contributed by atoms with E-state index in [1.54, 1.807) is 7.11 Å². The van der Waals surface area contributed by atoms with Gasteiger partial charge in [-0.05, 0) is 42.2 Å². The highest BCUT2D eigenvalue weighted by molar-refractivity contribution is 6.13. The van der Waals surface area contributed by atoms with Gasteiger partial charge in [0.15, 0.2) is 5.78 Å². The maximum Gasteiger partial charge on any atom is 0.189 e. The smallest absolute Gasteiger partial charge is 0.189 e. The Morgan fingerprint density at radius 2 is 1.93 bits per heavy atom. The Morgan fingerprint density at radius 1 is 1.11 bits per heavy atom. The van der Waals surface area contributed by atoms with Crippen molar-refractivity contribution in [1.82, 2.24) is 4.90 Å². The minimum absolute atomic E-state index is 0.155. The van der Waals surface area contributed by atoms with Gasteiger partial charge in [0, 0.05) is 36.3 Å². The van der Waals surface area contributed by atoms with Crippen molar-refractivity contribution < 1.29 is 14.3 Å². The molecule has 1 aliphatic carbocycles. The third kappa shape index (κ3) is 3.97. The Bertz CT molecular complexity index is 866. The van der Waals surface area contributed by atoms with Crippen molar-refractivity contribution >= 4 is 11.9 Å². The van der Waals surface area contributed by atoms with E-state index in [0.717, 1.165) is 79.3 Å². The third-order valence-electron chi connectivity index (χ3n) is 5.36. The average molecular weight is 363 g/mol. The van der Waals surface area contributed by atoms with Gasteiger partial charge in [0.05, 0.1) is 20.3 Å². The first-order valence-electron chi connectivity index (χ1n) is 9.55. The molecule has 0 unspecified atom stereocenters. The molecule has 0 atom stereocenters. The summed E-state index contributed by atoms with van der Waals surface area (Å²) in [5.41, 5.74) is 5.09. The highest BCUT2D eigenvalue weighted by atomic mass is 16.5. The van der Waals surface area contributed by atoms with Crippen LogP contribution in [0.5, 0.6) is 5.75 Å². The molecular weight excluding hydrogens is 338 g/mol. The standard InChI is InChI=1S/C23H25NO3/c1-26-22-9-6-17(15-20(22)16-24-10-12-27-13-11-24)14-19-8-7-18-4-2-3-5-21(18)23(19)25/h2-6,9,14-15H,7-8,10-13,16H2,1H3/b19-14+. The van der Waals surface area contributed by atoms with Gasteiger partial charge in [0.1, 0.15) is 5.75 Å². The lowest BCUT2D eigenvalue weighted by atomic mass is 9.86. The molecule has 0 spiro atoms. The number of fused-ring (bicyclic) bond motifs is 1. The average Bonchev–Trinajstić information content (AvgIpc) is 2.71. The fourth-order valence-electron chi connectivity index (χ4n) is 3.87. The monoisotopic (exact) mass is 363 g/mol. The van der Waals surface area contributed by atoms with Crippen LogP contribution in [0.1, 0.15) is 33.5 Å². The number of carbonyl (C=O) groups excluding carboxylic acids is 1. The van der Waals surface area contributed by atoms with Crippen LogP contribution < -0.4 is 4.74 Å². The molecule has 0 saturated carbocycles. The van der Waals surface area contributed by atoms with Gasteiger partial charge in [-0.25, -0.2) is 0 Å². The number of Topliss-reactive ketones (excluding diaryl/α,β-unsaturated/α-hetero) is 1. The highest BCUT2D eigenvalue weighted by Gasteiger charge is 2.21. The van der Waals surface area contributed by atoms with Crippen molar-refractivity contribution in [3.8, 4) is 5.75 Å². The third-order valence-corrected chi connectivity index (χ3v) is 5.36. The van der Waals surface area contributed by atoms with E-state index in [2.05, 4.69) is 17.0 Å². The SMILES string of the molecule is COc1ccc(/C=C2\CCc3ccccc3C2=O)cc1CN1CCOCC1. The normalized spacial score (nSPS) is 19.1. The van der Waals surface area contributed by atoms with Crippen molar-refractivity contribution in [1.29, 1.82) is 0 Å². The summed E-state index contributed by atoms with van der Waals surface area (Å²) in [4.78, 5) is 15.2. The molecule has 1 aliphatic heterocycles. The molecule has 4 nitrogen and oxygen atoms in total. The summed E-state index contributed by atoms with van der Waals surface area (Å²) in [5.74, 6) is 1.05. The molecule has 2 aliphatic rings. The minimum Gasteiger partial charge on any atom is -0.496 e. The molecule has 2 aromatic carbocycles. The molecule has 2 aromatic rings. The van der Waals surface area contributed by atoms with Crippen molar-refractivity contribution in [2.24, 2.45) is 0 Å². The van der Waals surface area contributed by atoms with Gasteiger partial charge in [-0.2, -0.15) is 0 Å². The molecule has 0 amide bonds. The molecule has 1 heterocycles. The number of allylic oxidation sites excluding steroid dienone is 1. The molecule has 4 heteroatoms. The van der Waals surface area contributed by atoms with Crippen molar-refractivity contribution in [3.05, 3.63) is 70.3 Å². The van der Waals surface area contributed by atoms with Gasteiger partial charge >= 0.3 is 0 Å². The molecule has 27 heavy (non-hydrogen) atoms. The quantitative estimate of drug-likeness (QED) is 0.776. The molecule has 140 valence electrons. The van der Waals surface area contributed by atoms with Crippen LogP contribution in [0.4, 0.5) is 0 Å². The Balaban J connectivity index is 1.59. The van der Waals surface area contributed by atoms with Crippen molar-refractivity contribution in [3.63, 3.8) is 0 Å². The zero-order chi connectivity index (χ0) is 18.6. The van der Waals surface area contributed by atoms with Crippen LogP contribution >= 0.6 is 0 Å². The second kappa shape index (κ2) is 8.07. The predicted octanol–water partition coefficient (Wildman–Crippen LogP) is 3.74. The molecule has 0 radical (unpaired) electrons. The fourth-order valence-corrected chi connectivity index (χ4v) is 3.87. The number of rotatable bonds is 4. The second-order valence-corrected chi connectivity index (χ2v) is 7.12. The van der Waals surface area contributed by atoms with Gasteiger partial charge in [0.25, 0.3) is 0 Å². The lowest BCUT2D eigenvalue weighted by Crippen LogP contribution is -2.35. The summed E-state index contributed by atoms with van der Waals surface area (Å²) in [5, 5.41) is 0. The molecule has 1 saturated heterocycles. The maximum absolute atomic E-state index is 12.8. The summed E-state index contributed by atoms with van der Waals surface area (Å²) in [6.45, 7) is 4.26. The van der Waals surface area contributed by atoms with Crippen LogP contribution in [0.25, 0.3) is 6.08 Å². The summed E-state index contributed by atoms with van der Waals surface area (Å²) in [6.07, 6.45) is 3.76. The first kappa shape index (κ1) is 18.0. The van der Waals surface area contributed by atoms with Crippen LogP contribution in [-0.4, -0.2) is 44.1 Å². The van der Waals surface area contributed by atoms with Gasteiger partial charge in [-0.15, -0.1) is 0 Å². The van der Waals surface area contributed by atoms with Crippen LogP contribution in [0.2, 0.25) is 0 Å². The Morgan fingerprint density at radius 3 is 2.74 bits per heavy atom. The summed E-state index contributed by atoms with van der Waals surface area (Å²) in [7, 11) is 1.71. The lowest BCUT2D eigenvalue weighted by molar-refractivity contribution is 0.0339. The van der Waals surface area contributed by atoms with Gasteiger partial charge in [-0.3, -0.25) is 9.69 Å². The molecule has 1 fully saturated rings. The van der Waals surface area contributed by atoms with Gasteiger partial charge < -0.3 is 9.47 Å². The van der Waals surface area contributed by atoms with Crippen LogP contribution in [-0.2, 0) is 17.7 Å². The van der Waals surface area contributed by atoms with Gasteiger partial charge in [0.2, 0.25) is 0 Å². The van der Waals surface area contributed by atoms with E-state index >= 15 is 0 Å². The fraction of sp³-hybridized carbons (Fsp3) is 0.348. The van der Waals surface area contributed by atoms with E-state index in [9.17, 15) is 4.79 Å². The Kier molecular flexibility index (Phi) is 5.37. The van der Waals surface area contributed by atoms with Crippen LogP contribution in [0.3, 0.4) is 0 Å². The van der Waals surface area contributed by atoms with E-state index in [1.165, 1.54) is 0 Å². The maximum atomic E-state index is 12.8. The number of ether oxygens (including phenoxy) is 2. The minimum atomic E-state index is 0.155. The van der Waals surface area contributed by atoms with Crippen LogP contribution in [0, 0.1) is 0 Å². The van der Waals surface area contributed by atoms with E-state index in [-0.39, 0.29) is 5.78 Å². The van der Waals surface area contributed by atoms with E-state index in [4.69, 9.17) is 9.47 Å². The van der Waals surface area contributed by atoms with Gasteiger partial charge in [-0.1, -0.05) is 30.3 Å². The number of hydrogen-bond donors (Lipinski definition) is 0. The van der Waals surface area contributed by atoms with Crippen LogP contribution in [0.15, 0.2) is 48.0 Å². The zero-order valence-electron chi connectivity index (χ0n) is 15.7. The molecule has 0 aromatic heterocycles. The molecule has 0 bridgehead atoms. The zero-order valence-corrected chi connectivity index (χ0v) is 15.7. The highest BCUT2D eigenvalue weighted by Crippen LogP contribution is 2.28. The summed E-state index contributed by atoms with van der Waals surface area (Å²) in [6, 6.07) is 14.1. The number of nitrogens with zero attached hydrogens (tertiary/aromatic N) is 1. The van der Waals surface area contributed by atoms with E-state index in [1.807, 2.05) is 36.4 Å². The lowest BCUT2D eigenvalue weighted by Gasteiger charge is -2.27. The largest absolute Gasteiger partial charge is 0.496 e. The van der Waals surface area contributed by atoms with Crippen molar-refractivity contribution in [2.75, 3.05) is 33.4 Å². The Labute approximate surface area is 160 Å². The predicted molar refractivity (Wildman–Crippen MR) is 106 cm³/mol. The number of methoxy groups -OCH3 is 1.